The number of hydrogen-bond donors (Lipinski definition) is 1. The number of nitrogens with one attached hydrogen (secondary N) is 1. The van der Waals surface area contributed by atoms with E-state index in [1.165, 1.54) is 0 Å². The largest absolute Gasteiger partial charge is 0.378 e. The Morgan fingerprint density at radius 1 is 1.35 bits per heavy atom. The molecule has 0 aromatic carbocycles. The molecule has 0 bridgehead atoms. The average Bonchev–Trinajstić information content (AvgIpc) is 2.75. The molecule has 2 heterocycles. The first-order valence-electron chi connectivity index (χ1n) is 6.56. The van der Waals surface area contributed by atoms with E-state index in [2.05, 4.69) is 19.2 Å². The van der Waals surface area contributed by atoms with Crippen LogP contribution in [0.1, 0.15) is 33.1 Å². The van der Waals surface area contributed by atoms with E-state index in [-0.39, 0.29) is 11.2 Å². The number of rotatable bonds is 4. The Kier molecular flexibility index (Phi) is 4.08. The molecule has 1 N–H and O–H groups in total. The lowest BCUT2D eigenvalue weighted by molar-refractivity contribution is -0.0689. The molecule has 0 radical (unpaired) electrons. The van der Waals surface area contributed by atoms with E-state index in [1.807, 2.05) is 0 Å². The van der Waals surface area contributed by atoms with Crippen molar-refractivity contribution in [2.24, 2.45) is 0 Å². The second-order valence-electron chi connectivity index (χ2n) is 5.87. The van der Waals surface area contributed by atoms with Gasteiger partial charge >= 0.3 is 0 Å². The maximum Gasteiger partial charge on any atom is 0.106 e. The van der Waals surface area contributed by atoms with Crippen molar-refractivity contribution in [1.82, 2.24) is 5.32 Å². The van der Waals surface area contributed by atoms with Gasteiger partial charge < -0.3 is 19.5 Å². The Morgan fingerprint density at radius 3 is 2.76 bits per heavy atom. The van der Waals surface area contributed by atoms with Gasteiger partial charge in [0.2, 0.25) is 0 Å². The summed E-state index contributed by atoms with van der Waals surface area (Å²) in [5, 5.41) is 3.63. The molecule has 0 saturated carbocycles. The third-order valence-electron chi connectivity index (χ3n) is 3.91. The molecule has 2 rings (SSSR count). The Bertz CT molecular complexity index is 249. The molecule has 0 aromatic heterocycles. The highest BCUT2D eigenvalue weighted by atomic mass is 16.5. The molecule has 4 nitrogen and oxygen atoms in total. The van der Waals surface area contributed by atoms with Crippen molar-refractivity contribution in [3.63, 3.8) is 0 Å². The summed E-state index contributed by atoms with van der Waals surface area (Å²) >= 11 is 0. The van der Waals surface area contributed by atoms with Crippen molar-refractivity contribution >= 4 is 0 Å². The fourth-order valence-corrected chi connectivity index (χ4v) is 2.70. The molecule has 100 valence electrons. The highest BCUT2D eigenvalue weighted by molar-refractivity contribution is 4.90. The van der Waals surface area contributed by atoms with Gasteiger partial charge in [-0.15, -0.1) is 0 Å². The highest BCUT2D eigenvalue weighted by Gasteiger charge is 2.36. The van der Waals surface area contributed by atoms with Crippen LogP contribution in [0.5, 0.6) is 0 Å². The topological polar surface area (TPSA) is 39.7 Å². The van der Waals surface area contributed by atoms with E-state index >= 15 is 0 Å². The van der Waals surface area contributed by atoms with Gasteiger partial charge in [-0.3, -0.25) is 0 Å². The zero-order chi connectivity index (χ0) is 12.4. The van der Waals surface area contributed by atoms with Crippen LogP contribution in [0, 0.1) is 0 Å². The third kappa shape index (κ3) is 3.41. The summed E-state index contributed by atoms with van der Waals surface area (Å²) in [7, 11) is 1.78. The molecule has 0 amide bonds. The SMILES string of the molecule is COC1(CNC2CCOC(C)(C)C2)CCOC1. The molecule has 2 aliphatic rings. The second kappa shape index (κ2) is 5.22. The molecule has 17 heavy (non-hydrogen) atoms. The molecular weight excluding hydrogens is 218 g/mol. The van der Waals surface area contributed by atoms with Gasteiger partial charge in [-0.1, -0.05) is 0 Å². The molecule has 0 aromatic rings. The van der Waals surface area contributed by atoms with Gasteiger partial charge in [-0.2, -0.15) is 0 Å². The van der Waals surface area contributed by atoms with E-state index < -0.39 is 0 Å². The summed E-state index contributed by atoms with van der Waals surface area (Å²) in [6, 6.07) is 0.534. The van der Waals surface area contributed by atoms with Gasteiger partial charge in [-0.25, -0.2) is 0 Å². The molecule has 2 aliphatic heterocycles. The summed E-state index contributed by atoms with van der Waals surface area (Å²) in [4.78, 5) is 0. The van der Waals surface area contributed by atoms with E-state index in [0.29, 0.717) is 12.6 Å². The van der Waals surface area contributed by atoms with Crippen molar-refractivity contribution in [2.75, 3.05) is 33.5 Å². The molecule has 2 unspecified atom stereocenters. The summed E-state index contributed by atoms with van der Waals surface area (Å²) in [5.41, 5.74) is -0.106. The minimum atomic E-state index is -0.109. The minimum absolute atomic E-state index is 0.00231. The van der Waals surface area contributed by atoms with Crippen LogP contribution in [-0.2, 0) is 14.2 Å². The van der Waals surface area contributed by atoms with Crippen molar-refractivity contribution < 1.29 is 14.2 Å². The monoisotopic (exact) mass is 243 g/mol. The maximum atomic E-state index is 5.72. The smallest absolute Gasteiger partial charge is 0.106 e. The number of hydrogen-bond acceptors (Lipinski definition) is 4. The number of methoxy groups -OCH3 is 1. The summed E-state index contributed by atoms with van der Waals surface area (Å²) in [6.45, 7) is 7.57. The first-order chi connectivity index (χ1) is 8.05. The lowest BCUT2D eigenvalue weighted by Gasteiger charge is -2.37. The van der Waals surface area contributed by atoms with Crippen molar-refractivity contribution in [3.8, 4) is 0 Å². The van der Waals surface area contributed by atoms with E-state index in [0.717, 1.165) is 39.0 Å². The summed E-state index contributed by atoms with van der Waals surface area (Å²) < 4.78 is 16.8. The van der Waals surface area contributed by atoms with E-state index in [4.69, 9.17) is 14.2 Å². The van der Waals surface area contributed by atoms with Gasteiger partial charge in [0.15, 0.2) is 0 Å². The van der Waals surface area contributed by atoms with Crippen molar-refractivity contribution in [2.45, 2.75) is 50.4 Å². The van der Waals surface area contributed by atoms with Crippen LogP contribution in [0.25, 0.3) is 0 Å². The second-order valence-corrected chi connectivity index (χ2v) is 5.87. The van der Waals surface area contributed by atoms with Gasteiger partial charge in [0.1, 0.15) is 5.60 Å². The molecule has 0 aliphatic carbocycles. The lowest BCUT2D eigenvalue weighted by Crippen LogP contribution is -2.50. The van der Waals surface area contributed by atoms with Crippen molar-refractivity contribution in [1.29, 1.82) is 0 Å². The zero-order valence-corrected chi connectivity index (χ0v) is 11.3. The van der Waals surface area contributed by atoms with E-state index in [1.54, 1.807) is 7.11 Å². The van der Waals surface area contributed by atoms with Crippen molar-refractivity contribution in [3.05, 3.63) is 0 Å². The zero-order valence-electron chi connectivity index (χ0n) is 11.3. The Labute approximate surface area is 104 Å². The van der Waals surface area contributed by atoms with Crippen LogP contribution in [0.4, 0.5) is 0 Å². The molecular formula is C13H25NO3. The molecule has 2 saturated heterocycles. The first-order valence-corrected chi connectivity index (χ1v) is 6.56. The van der Waals surface area contributed by atoms with Crippen LogP contribution in [0.2, 0.25) is 0 Å². The van der Waals surface area contributed by atoms with Gasteiger partial charge in [-0.05, 0) is 26.7 Å². The highest BCUT2D eigenvalue weighted by Crippen LogP contribution is 2.26. The van der Waals surface area contributed by atoms with Crippen LogP contribution in [0.3, 0.4) is 0 Å². The summed E-state index contributed by atoms with van der Waals surface area (Å²) in [5.74, 6) is 0. The Morgan fingerprint density at radius 2 is 2.18 bits per heavy atom. The lowest BCUT2D eigenvalue weighted by atomic mass is 9.93. The fraction of sp³-hybridized carbons (Fsp3) is 1.00. The average molecular weight is 243 g/mol. The predicted molar refractivity (Wildman–Crippen MR) is 66.2 cm³/mol. The first kappa shape index (κ1) is 13.3. The standard InChI is InChI=1S/C13H25NO3/c1-12(2)8-11(4-6-17-12)14-9-13(15-3)5-7-16-10-13/h11,14H,4-10H2,1-3H3. The Balaban J connectivity index is 1.81. The van der Waals surface area contributed by atoms with Gasteiger partial charge in [0, 0.05) is 39.3 Å². The normalized spacial score (nSPS) is 37.2. The molecule has 0 spiro atoms. The van der Waals surface area contributed by atoms with Gasteiger partial charge in [0.05, 0.1) is 12.2 Å². The minimum Gasteiger partial charge on any atom is -0.378 e. The maximum absolute atomic E-state index is 5.72. The molecule has 2 fully saturated rings. The molecule has 2 atom stereocenters. The molecule has 4 heteroatoms. The van der Waals surface area contributed by atoms with Crippen LogP contribution >= 0.6 is 0 Å². The fourth-order valence-electron chi connectivity index (χ4n) is 2.70. The van der Waals surface area contributed by atoms with Crippen LogP contribution in [-0.4, -0.2) is 50.7 Å². The van der Waals surface area contributed by atoms with E-state index in [9.17, 15) is 0 Å². The predicted octanol–water partition coefficient (Wildman–Crippen LogP) is 1.34. The van der Waals surface area contributed by atoms with Crippen LogP contribution in [0.15, 0.2) is 0 Å². The summed E-state index contributed by atoms with van der Waals surface area (Å²) in [6.07, 6.45) is 3.14. The Hall–Kier alpha value is -0.160. The van der Waals surface area contributed by atoms with Crippen LogP contribution < -0.4 is 5.32 Å². The quantitative estimate of drug-likeness (QED) is 0.809. The van der Waals surface area contributed by atoms with Gasteiger partial charge in [0.25, 0.3) is 0 Å². The number of ether oxygens (including phenoxy) is 3. The third-order valence-corrected chi connectivity index (χ3v) is 3.91.